The molecule has 8 heteroatoms. The van der Waals surface area contributed by atoms with E-state index in [4.69, 9.17) is 10.5 Å². The van der Waals surface area contributed by atoms with Crippen molar-refractivity contribution in [2.24, 2.45) is 11.8 Å². The number of amides is 2. The van der Waals surface area contributed by atoms with E-state index in [1.165, 1.54) is 0 Å². The molecule has 2 aromatic rings. The largest absolute Gasteiger partial charge is 0.497 e. The Morgan fingerprint density at radius 3 is 2.59 bits per heavy atom. The first-order valence-electron chi connectivity index (χ1n) is 9.85. The van der Waals surface area contributed by atoms with E-state index in [0.717, 1.165) is 42.3 Å². The van der Waals surface area contributed by atoms with Crippen molar-refractivity contribution in [3.63, 3.8) is 0 Å². The molecule has 2 N–H and O–H groups in total. The number of hydrogen-bond donors (Lipinski definition) is 1. The van der Waals surface area contributed by atoms with Crippen LogP contribution in [0.5, 0.6) is 5.75 Å². The van der Waals surface area contributed by atoms with Crippen molar-refractivity contribution < 1.29 is 9.53 Å². The lowest BCUT2D eigenvalue weighted by molar-refractivity contribution is 0.159. The Labute approximate surface area is 171 Å². The number of anilines is 2. The molecule has 1 aromatic heterocycles. The van der Waals surface area contributed by atoms with Crippen molar-refractivity contribution in [1.29, 1.82) is 0 Å². The van der Waals surface area contributed by atoms with Crippen LogP contribution in [-0.4, -0.2) is 66.6 Å². The van der Waals surface area contributed by atoms with Gasteiger partial charge in [0.05, 0.1) is 13.2 Å². The van der Waals surface area contributed by atoms with Gasteiger partial charge in [-0.1, -0.05) is 12.1 Å². The van der Waals surface area contributed by atoms with Crippen molar-refractivity contribution in [1.82, 2.24) is 19.8 Å². The highest BCUT2D eigenvalue weighted by Gasteiger charge is 2.50. The van der Waals surface area contributed by atoms with Gasteiger partial charge in [-0.05, 0) is 24.6 Å². The maximum Gasteiger partial charge on any atom is 0.320 e. The molecule has 0 unspecified atom stereocenters. The van der Waals surface area contributed by atoms with Crippen molar-refractivity contribution in [3.05, 3.63) is 41.6 Å². The SMILES string of the molecule is COc1ccc([C@H]2[C@@H]3CN(c4nc(N)ncc4C)C[C@@H]3CN2C(=O)N(C)C)cc1. The second-order valence-corrected chi connectivity index (χ2v) is 8.11. The number of ether oxygens (including phenoxy) is 1. The van der Waals surface area contributed by atoms with Crippen LogP contribution >= 0.6 is 0 Å². The molecule has 0 spiro atoms. The molecule has 2 fully saturated rings. The van der Waals surface area contributed by atoms with E-state index in [9.17, 15) is 4.79 Å². The monoisotopic (exact) mass is 396 g/mol. The number of nitrogen functional groups attached to an aromatic ring is 1. The fourth-order valence-electron chi connectivity index (χ4n) is 4.67. The topological polar surface area (TPSA) is 87.8 Å². The number of methoxy groups -OCH3 is 1. The van der Waals surface area contributed by atoms with Gasteiger partial charge in [-0.3, -0.25) is 0 Å². The Morgan fingerprint density at radius 1 is 1.21 bits per heavy atom. The van der Waals surface area contributed by atoms with Gasteiger partial charge in [0, 0.05) is 57.3 Å². The lowest BCUT2D eigenvalue weighted by atomic mass is 9.89. The van der Waals surface area contributed by atoms with Crippen LogP contribution in [0.25, 0.3) is 0 Å². The zero-order valence-electron chi connectivity index (χ0n) is 17.4. The lowest BCUT2D eigenvalue weighted by Crippen LogP contribution is -2.41. The minimum absolute atomic E-state index is 0.0188. The van der Waals surface area contributed by atoms with Crippen LogP contribution in [-0.2, 0) is 0 Å². The molecule has 1 aromatic carbocycles. The first kappa shape index (κ1) is 19.3. The minimum atomic E-state index is 0.0188. The zero-order valence-corrected chi connectivity index (χ0v) is 17.4. The third kappa shape index (κ3) is 3.43. The molecule has 2 saturated heterocycles. The average molecular weight is 396 g/mol. The highest BCUT2D eigenvalue weighted by atomic mass is 16.5. The van der Waals surface area contributed by atoms with E-state index >= 15 is 0 Å². The number of urea groups is 1. The highest BCUT2D eigenvalue weighted by molar-refractivity contribution is 5.75. The molecule has 8 nitrogen and oxygen atoms in total. The summed E-state index contributed by atoms with van der Waals surface area (Å²) in [6.45, 7) is 4.42. The molecule has 0 radical (unpaired) electrons. The summed E-state index contributed by atoms with van der Waals surface area (Å²) in [7, 11) is 5.27. The molecule has 2 aliphatic rings. The van der Waals surface area contributed by atoms with Gasteiger partial charge in [0.15, 0.2) is 0 Å². The fourth-order valence-corrected chi connectivity index (χ4v) is 4.67. The van der Waals surface area contributed by atoms with Gasteiger partial charge in [0.25, 0.3) is 0 Å². The number of carbonyl (C=O) groups is 1. The molecule has 4 rings (SSSR count). The number of likely N-dealkylation sites (tertiary alicyclic amines) is 1. The number of fused-ring (bicyclic) bond motifs is 1. The fraction of sp³-hybridized carbons (Fsp3) is 0.476. The quantitative estimate of drug-likeness (QED) is 0.856. The Balaban J connectivity index is 1.65. The van der Waals surface area contributed by atoms with Crippen molar-refractivity contribution >= 4 is 17.8 Å². The second kappa shape index (κ2) is 7.42. The third-order valence-electron chi connectivity index (χ3n) is 6.01. The predicted molar refractivity (Wildman–Crippen MR) is 112 cm³/mol. The van der Waals surface area contributed by atoms with E-state index in [1.54, 1.807) is 32.3 Å². The Hall–Kier alpha value is -3.03. The number of aryl methyl sites for hydroxylation is 1. The summed E-state index contributed by atoms with van der Waals surface area (Å²) in [6, 6.07) is 8.13. The van der Waals surface area contributed by atoms with Gasteiger partial charge in [-0.15, -0.1) is 0 Å². The summed E-state index contributed by atoms with van der Waals surface area (Å²) in [6.07, 6.45) is 1.77. The summed E-state index contributed by atoms with van der Waals surface area (Å²) in [5.74, 6) is 2.70. The number of nitrogens with two attached hydrogens (primary N) is 1. The van der Waals surface area contributed by atoms with E-state index in [-0.39, 0.29) is 12.1 Å². The first-order valence-corrected chi connectivity index (χ1v) is 9.85. The van der Waals surface area contributed by atoms with Crippen molar-refractivity contribution in [3.8, 4) is 5.75 Å². The van der Waals surface area contributed by atoms with E-state index in [1.807, 2.05) is 24.0 Å². The van der Waals surface area contributed by atoms with Crippen molar-refractivity contribution in [2.75, 3.05) is 51.5 Å². The highest BCUT2D eigenvalue weighted by Crippen LogP contribution is 2.46. The van der Waals surface area contributed by atoms with Gasteiger partial charge in [-0.2, -0.15) is 4.98 Å². The molecule has 0 bridgehead atoms. The molecule has 0 saturated carbocycles. The van der Waals surface area contributed by atoms with E-state index < -0.39 is 0 Å². The van der Waals surface area contributed by atoms with Crippen molar-refractivity contribution in [2.45, 2.75) is 13.0 Å². The Kier molecular flexibility index (Phi) is 4.94. The third-order valence-corrected chi connectivity index (χ3v) is 6.01. The minimum Gasteiger partial charge on any atom is -0.497 e. The number of aromatic nitrogens is 2. The standard InChI is InChI=1S/C21H28N6O2/c1-13-9-23-20(22)24-19(13)26-10-15-11-27(21(28)25(2)3)18(17(15)12-26)14-5-7-16(29-4)8-6-14/h5-9,15,17-18H,10-12H2,1-4H3,(H2,22,23,24)/t15-,17-,18+/m1/s1. The summed E-state index contributed by atoms with van der Waals surface area (Å²) in [5, 5.41) is 0. The number of hydrogen-bond acceptors (Lipinski definition) is 6. The normalized spacial score (nSPS) is 23.2. The van der Waals surface area contributed by atoms with Gasteiger partial charge in [-0.25, -0.2) is 9.78 Å². The predicted octanol–water partition coefficient (Wildman–Crippen LogP) is 2.17. The van der Waals surface area contributed by atoms with Crippen LogP contribution in [0.2, 0.25) is 0 Å². The summed E-state index contributed by atoms with van der Waals surface area (Å²) >= 11 is 0. The molecule has 29 heavy (non-hydrogen) atoms. The van der Waals surface area contributed by atoms with Crippen LogP contribution in [0.4, 0.5) is 16.6 Å². The molecule has 3 atom stereocenters. The summed E-state index contributed by atoms with van der Waals surface area (Å²) in [4.78, 5) is 27.4. The Morgan fingerprint density at radius 2 is 1.93 bits per heavy atom. The molecule has 154 valence electrons. The first-order chi connectivity index (χ1) is 13.9. The molecule has 0 aliphatic carbocycles. The smallest absolute Gasteiger partial charge is 0.320 e. The molecule has 3 heterocycles. The second-order valence-electron chi connectivity index (χ2n) is 8.11. The molecule has 2 amide bonds. The van der Waals surface area contributed by atoms with E-state index in [0.29, 0.717) is 17.8 Å². The van der Waals surface area contributed by atoms with Crippen LogP contribution in [0.3, 0.4) is 0 Å². The maximum absolute atomic E-state index is 12.9. The summed E-state index contributed by atoms with van der Waals surface area (Å²) in [5.41, 5.74) is 7.98. The molecular formula is C21H28N6O2. The van der Waals surface area contributed by atoms with Gasteiger partial charge < -0.3 is 25.2 Å². The Bertz CT molecular complexity index is 901. The van der Waals surface area contributed by atoms with Gasteiger partial charge in [0.1, 0.15) is 11.6 Å². The number of nitrogens with zero attached hydrogens (tertiary/aromatic N) is 5. The van der Waals surface area contributed by atoms with Crippen LogP contribution in [0, 0.1) is 18.8 Å². The van der Waals surface area contributed by atoms with Crippen LogP contribution in [0.1, 0.15) is 17.2 Å². The maximum atomic E-state index is 12.9. The molecular weight excluding hydrogens is 368 g/mol. The number of rotatable bonds is 3. The van der Waals surface area contributed by atoms with Crippen LogP contribution in [0.15, 0.2) is 30.5 Å². The average Bonchev–Trinajstić information content (AvgIpc) is 3.27. The number of benzene rings is 1. The number of carbonyl (C=O) groups excluding carboxylic acids is 1. The summed E-state index contributed by atoms with van der Waals surface area (Å²) < 4.78 is 5.31. The lowest BCUT2D eigenvalue weighted by Gasteiger charge is -2.32. The van der Waals surface area contributed by atoms with E-state index in [2.05, 4.69) is 27.0 Å². The molecule has 2 aliphatic heterocycles. The zero-order chi connectivity index (χ0) is 20.7. The van der Waals surface area contributed by atoms with Crippen LogP contribution < -0.4 is 15.4 Å². The van der Waals surface area contributed by atoms with Gasteiger partial charge >= 0.3 is 6.03 Å². The van der Waals surface area contributed by atoms with Gasteiger partial charge in [0.2, 0.25) is 5.95 Å².